The molecule has 2 N–H and O–H groups in total. The molecule has 0 bridgehead atoms. The third-order valence-electron chi connectivity index (χ3n) is 3.43. The Morgan fingerprint density at radius 1 is 1.31 bits per heavy atom. The van der Waals surface area contributed by atoms with Crippen molar-refractivity contribution in [1.82, 2.24) is 4.90 Å². The normalized spacial score (nSPS) is 21.4. The lowest BCUT2D eigenvalue weighted by molar-refractivity contribution is 0.323. The maximum atomic E-state index is 5.66. The Bertz CT molecular complexity index is 318. The highest BCUT2D eigenvalue weighted by Gasteiger charge is 2.17. The number of aryl methyl sites for hydroxylation is 1. The van der Waals surface area contributed by atoms with Crippen LogP contribution in [0, 0.1) is 5.92 Å². The summed E-state index contributed by atoms with van der Waals surface area (Å²) in [6, 6.07) is 8.27. The molecule has 0 aromatic heterocycles. The molecule has 16 heavy (non-hydrogen) atoms. The first-order valence-corrected chi connectivity index (χ1v) is 6.31. The average molecular weight is 218 g/mol. The number of likely N-dealkylation sites (tertiary alicyclic amines) is 1. The zero-order valence-electron chi connectivity index (χ0n) is 10.2. The molecular weight excluding hydrogens is 196 g/mol. The van der Waals surface area contributed by atoms with Gasteiger partial charge in [0.25, 0.3) is 0 Å². The number of nitrogens with two attached hydrogens (primary N) is 1. The summed E-state index contributed by atoms with van der Waals surface area (Å²) in [5, 5.41) is 0. The molecule has 1 atom stereocenters. The van der Waals surface area contributed by atoms with E-state index in [9.17, 15) is 0 Å². The van der Waals surface area contributed by atoms with Crippen LogP contribution in [0.4, 0.5) is 5.69 Å². The smallest absolute Gasteiger partial charge is 0.0314 e. The maximum Gasteiger partial charge on any atom is 0.0314 e. The largest absolute Gasteiger partial charge is 0.399 e. The van der Waals surface area contributed by atoms with E-state index in [1.807, 2.05) is 12.1 Å². The van der Waals surface area contributed by atoms with Crippen molar-refractivity contribution in [2.45, 2.75) is 26.2 Å². The van der Waals surface area contributed by atoms with Crippen LogP contribution in [0.2, 0.25) is 0 Å². The van der Waals surface area contributed by atoms with Gasteiger partial charge in [-0.3, -0.25) is 0 Å². The van der Waals surface area contributed by atoms with E-state index < -0.39 is 0 Å². The van der Waals surface area contributed by atoms with Gasteiger partial charge in [-0.1, -0.05) is 19.1 Å². The van der Waals surface area contributed by atoms with Gasteiger partial charge in [-0.25, -0.2) is 0 Å². The molecule has 1 aliphatic rings. The topological polar surface area (TPSA) is 29.3 Å². The van der Waals surface area contributed by atoms with Crippen molar-refractivity contribution in [3.63, 3.8) is 0 Å². The molecule has 1 heterocycles. The third kappa shape index (κ3) is 3.24. The van der Waals surface area contributed by atoms with Gasteiger partial charge in [0, 0.05) is 12.2 Å². The summed E-state index contributed by atoms with van der Waals surface area (Å²) in [5.74, 6) is 0.900. The minimum atomic E-state index is 0.858. The molecule has 1 saturated heterocycles. The lowest BCUT2D eigenvalue weighted by Gasteiger charge is -2.14. The lowest BCUT2D eigenvalue weighted by atomic mass is 10.1. The van der Waals surface area contributed by atoms with E-state index in [-0.39, 0.29) is 0 Å². The van der Waals surface area contributed by atoms with Crippen LogP contribution in [0.15, 0.2) is 24.3 Å². The first-order chi connectivity index (χ1) is 7.74. The predicted octanol–water partition coefficient (Wildman–Crippen LogP) is 2.54. The molecule has 1 aromatic rings. The van der Waals surface area contributed by atoms with E-state index in [4.69, 9.17) is 5.73 Å². The van der Waals surface area contributed by atoms with Crippen molar-refractivity contribution in [2.24, 2.45) is 5.92 Å². The van der Waals surface area contributed by atoms with Gasteiger partial charge in [0.05, 0.1) is 0 Å². The number of nitrogen functional groups attached to an aromatic ring is 1. The molecule has 1 aliphatic heterocycles. The minimum absolute atomic E-state index is 0.858. The molecule has 1 aromatic carbocycles. The fourth-order valence-corrected chi connectivity index (χ4v) is 2.42. The molecule has 0 aliphatic carbocycles. The summed E-state index contributed by atoms with van der Waals surface area (Å²) < 4.78 is 0. The van der Waals surface area contributed by atoms with Gasteiger partial charge in [-0.2, -0.15) is 0 Å². The van der Waals surface area contributed by atoms with Crippen molar-refractivity contribution in [2.75, 3.05) is 25.4 Å². The number of anilines is 1. The van der Waals surface area contributed by atoms with Crippen molar-refractivity contribution in [3.05, 3.63) is 29.8 Å². The molecule has 0 saturated carbocycles. The van der Waals surface area contributed by atoms with Crippen LogP contribution in [0.1, 0.15) is 25.3 Å². The molecule has 1 unspecified atom stereocenters. The van der Waals surface area contributed by atoms with Crippen LogP contribution in [0.5, 0.6) is 0 Å². The second-order valence-electron chi connectivity index (χ2n) is 5.04. The van der Waals surface area contributed by atoms with Crippen LogP contribution in [0.25, 0.3) is 0 Å². The molecular formula is C14H22N2. The molecule has 2 heteroatoms. The number of rotatable bonds is 4. The predicted molar refractivity (Wildman–Crippen MR) is 69.4 cm³/mol. The van der Waals surface area contributed by atoms with Crippen LogP contribution in [0.3, 0.4) is 0 Å². The van der Waals surface area contributed by atoms with Gasteiger partial charge < -0.3 is 10.6 Å². The highest BCUT2D eigenvalue weighted by atomic mass is 15.1. The Balaban J connectivity index is 1.70. The Morgan fingerprint density at radius 3 is 2.69 bits per heavy atom. The quantitative estimate of drug-likeness (QED) is 0.787. The summed E-state index contributed by atoms with van der Waals surface area (Å²) in [6.07, 6.45) is 3.81. The van der Waals surface area contributed by atoms with E-state index in [1.54, 1.807) is 0 Å². The van der Waals surface area contributed by atoms with E-state index in [2.05, 4.69) is 24.0 Å². The SMILES string of the molecule is CC1CCN(CCCc2ccc(N)cc2)C1. The molecule has 1 fully saturated rings. The standard InChI is InChI=1S/C14H22N2/c1-12-8-10-16(11-12)9-2-3-13-4-6-14(15)7-5-13/h4-7,12H,2-3,8-11,15H2,1H3. The molecule has 0 radical (unpaired) electrons. The number of hydrogen-bond donors (Lipinski definition) is 1. The van der Waals surface area contributed by atoms with Gasteiger partial charge >= 0.3 is 0 Å². The van der Waals surface area contributed by atoms with Gasteiger partial charge in [-0.15, -0.1) is 0 Å². The van der Waals surface area contributed by atoms with Crippen molar-refractivity contribution in [3.8, 4) is 0 Å². The number of hydrogen-bond acceptors (Lipinski definition) is 2. The van der Waals surface area contributed by atoms with Crippen molar-refractivity contribution in [1.29, 1.82) is 0 Å². The number of nitrogens with zero attached hydrogens (tertiary/aromatic N) is 1. The molecule has 0 amide bonds. The van der Waals surface area contributed by atoms with Gasteiger partial charge in [0.1, 0.15) is 0 Å². The van der Waals surface area contributed by atoms with Crippen molar-refractivity contribution < 1.29 is 0 Å². The molecule has 0 spiro atoms. The zero-order valence-corrected chi connectivity index (χ0v) is 10.2. The fourth-order valence-electron chi connectivity index (χ4n) is 2.42. The van der Waals surface area contributed by atoms with Crippen LogP contribution >= 0.6 is 0 Å². The monoisotopic (exact) mass is 218 g/mol. The molecule has 2 rings (SSSR count). The van der Waals surface area contributed by atoms with E-state index in [0.717, 1.165) is 11.6 Å². The Hall–Kier alpha value is -1.02. The Morgan fingerprint density at radius 2 is 2.06 bits per heavy atom. The average Bonchev–Trinajstić information content (AvgIpc) is 2.67. The van der Waals surface area contributed by atoms with Crippen LogP contribution < -0.4 is 5.73 Å². The van der Waals surface area contributed by atoms with Gasteiger partial charge in [-0.05, 0) is 56.0 Å². The first-order valence-electron chi connectivity index (χ1n) is 6.31. The highest BCUT2D eigenvalue weighted by molar-refractivity contribution is 5.39. The van der Waals surface area contributed by atoms with Crippen LogP contribution in [-0.2, 0) is 6.42 Å². The summed E-state index contributed by atoms with van der Waals surface area (Å²) in [4.78, 5) is 2.59. The molecule has 2 nitrogen and oxygen atoms in total. The van der Waals surface area contributed by atoms with Gasteiger partial charge in [0.15, 0.2) is 0 Å². The van der Waals surface area contributed by atoms with E-state index in [1.165, 1.54) is 44.5 Å². The zero-order chi connectivity index (χ0) is 11.4. The second-order valence-corrected chi connectivity index (χ2v) is 5.04. The fraction of sp³-hybridized carbons (Fsp3) is 0.571. The maximum absolute atomic E-state index is 5.66. The summed E-state index contributed by atoms with van der Waals surface area (Å²) in [7, 11) is 0. The first kappa shape index (κ1) is 11.5. The second kappa shape index (κ2) is 5.35. The summed E-state index contributed by atoms with van der Waals surface area (Å²) in [6.45, 7) is 6.18. The highest BCUT2D eigenvalue weighted by Crippen LogP contribution is 2.15. The Kier molecular flexibility index (Phi) is 3.83. The lowest BCUT2D eigenvalue weighted by Crippen LogP contribution is -2.21. The molecule has 88 valence electrons. The van der Waals surface area contributed by atoms with Crippen molar-refractivity contribution >= 4 is 5.69 Å². The van der Waals surface area contributed by atoms with Gasteiger partial charge in [0.2, 0.25) is 0 Å². The Labute approximate surface area is 98.4 Å². The number of benzene rings is 1. The minimum Gasteiger partial charge on any atom is -0.399 e. The van der Waals surface area contributed by atoms with Crippen LogP contribution in [-0.4, -0.2) is 24.5 Å². The summed E-state index contributed by atoms with van der Waals surface area (Å²) >= 11 is 0. The third-order valence-corrected chi connectivity index (χ3v) is 3.43. The van der Waals surface area contributed by atoms with E-state index in [0.29, 0.717) is 0 Å². The summed E-state index contributed by atoms with van der Waals surface area (Å²) in [5.41, 5.74) is 7.92. The van der Waals surface area contributed by atoms with E-state index >= 15 is 0 Å².